The number of likely N-dealkylation sites (tertiary alicyclic amines) is 2. The van der Waals surface area contributed by atoms with Gasteiger partial charge in [-0.15, -0.1) is 0 Å². The molecule has 2 amide bonds. The number of rotatable bonds is 7. The van der Waals surface area contributed by atoms with Crippen molar-refractivity contribution < 1.29 is 32.2 Å². The van der Waals surface area contributed by atoms with Crippen LogP contribution in [-0.4, -0.2) is 71.1 Å². The van der Waals surface area contributed by atoms with Crippen molar-refractivity contribution >= 4 is 17.7 Å². The molecular formula is C34H37F3N4O4. The van der Waals surface area contributed by atoms with Gasteiger partial charge in [-0.1, -0.05) is 24.3 Å². The van der Waals surface area contributed by atoms with Crippen LogP contribution in [0.3, 0.4) is 0 Å². The number of amides is 2. The molecule has 0 bridgehead atoms. The highest BCUT2D eigenvalue weighted by atomic mass is 19.4. The first-order chi connectivity index (χ1) is 21.5. The SMILES string of the molecule is Nc1ccc(OC2CCN(C(=O)c3ccc(CN4CC5(CCN(Cc6ccc(C(F)(F)F)cc6)CC5)OC4=O)cc3)CC2)cc1. The highest BCUT2D eigenvalue weighted by Crippen LogP contribution is 2.35. The van der Waals surface area contributed by atoms with Crippen molar-refractivity contribution in [1.29, 1.82) is 0 Å². The molecule has 0 saturated carbocycles. The largest absolute Gasteiger partial charge is 0.490 e. The van der Waals surface area contributed by atoms with E-state index < -0.39 is 17.3 Å². The van der Waals surface area contributed by atoms with Gasteiger partial charge in [0.15, 0.2) is 0 Å². The van der Waals surface area contributed by atoms with Crippen LogP contribution < -0.4 is 10.5 Å². The van der Waals surface area contributed by atoms with Gasteiger partial charge in [-0.25, -0.2) is 4.79 Å². The second-order valence-corrected chi connectivity index (χ2v) is 12.3. The van der Waals surface area contributed by atoms with Gasteiger partial charge in [0, 0.05) is 76.2 Å². The number of hydrogen-bond acceptors (Lipinski definition) is 6. The standard InChI is InChI=1S/C34H37F3N4O4/c35-34(36,37)27-7-3-24(4-8-27)21-39-19-15-33(16-20-39)23-41(32(43)45-33)22-25-1-5-26(6-2-25)31(42)40-17-13-30(14-18-40)44-29-11-9-28(38)10-12-29/h1-12,30H,13-23,38H2. The Bertz CT molecular complexity index is 1480. The zero-order valence-corrected chi connectivity index (χ0v) is 25.0. The number of piperidine rings is 2. The Morgan fingerprint density at radius 1 is 0.867 bits per heavy atom. The minimum absolute atomic E-state index is 0.0184. The Kier molecular flexibility index (Phi) is 8.63. The summed E-state index contributed by atoms with van der Waals surface area (Å²) in [5.74, 6) is 0.759. The highest BCUT2D eigenvalue weighted by molar-refractivity contribution is 5.94. The predicted molar refractivity (Wildman–Crippen MR) is 162 cm³/mol. The molecular weight excluding hydrogens is 585 g/mol. The van der Waals surface area contributed by atoms with E-state index in [1.807, 2.05) is 53.4 Å². The molecule has 6 rings (SSSR count). The summed E-state index contributed by atoms with van der Waals surface area (Å²) in [5.41, 5.74) is 7.56. The lowest BCUT2D eigenvalue weighted by Crippen LogP contribution is -2.46. The van der Waals surface area contributed by atoms with E-state index in [1.165, 1.54) is 12.1 Å². The first-order valence-corrected chi connectivity index (χ1v) is 15.3. The summed E-state index contributed by atoms with van der Waals surface area (Å²) in [6.07, 6.45) is -1.83. The minimum atomic E-state index is -4.35. The van der Waals surface area contributed by atoms with E-state index in [0.717, 1.165) is 41.9 Å². The van der Waals surface area contributed by atoms with Gasteiger partial charge >= 0.3 is 12.3 Å². The van der Waals surface area contributed by atoms with Crippen molar-refractivity contribution in [3.05, 3.63) is 95.1 Å². The second kappa shape index (κ2) is 12.6. The Morgan fingerprint density at radius 2 is 1.47 bits per heavy atom. The van der Waals surface area contributed by atoms with Crippen LogP contribution in [0.4, 0.5) is 23.7 Å². The molecule has 11 heteroatoms. The number of nitrogen functional groups attached to an aromatic ring is 1. The number of hydrogen-bond donors (Lipinski definition) is 1. The van der Waals surface area contributed by atoms with Gasteiger partial charge < -0.3 is 20.1 Å². The van der Waals surface area contributed by atoms with Crippen molar-refractivity contribution in [2.75, 3.05) is 38.5 Å². The molecule has 3 heterocycles. The normalized spacial score (nSPS) is 19.1. The minimum Gasteiger partial charge on any atom is -0.490 e. The van der Waals surface area contributed by atoms with E-state index in [-0.39, 0.29) is 18.1 Å². The molecule has 3 saturated heterocycles. The zero-order chi connectivity index (χ0) is 31.6. The first kappa shape index (κ1) is 30.8. The van der Waals surface area contributed by atoms with Crippen LogP contribution in [0, 0.1) is 0 Å². The summed E-state index contributed by atoms with van der Waals surface area (Å²) in [7, 11) is 0. The topological polar surface area (TPSA) is 88.3 Å². The molecule has 1 spiro atoms. The van der Waals surface area contributed by atoms with Crippen LogP contribution in [0.2, 0.25) is 0 Å². The summed E-state index contributed by atoms with van der Waals surface area (Å²) in [4.78, 5) is 31.7. The number of benzene rings is 3. The number of ether oxygens (including phenoxy) is 2. The molecule has 3 aromatic rings. The number of nitrogens with two attached hydrogens (primary N) is 1. The number of nitrogens with zero attached hydrogens (tertiary/aromatic N) is 3. The molecule has 3 aromatic carbocycles. The maximum Gasteiger partial charge on any atom is 0.416 e. The van der Waals surface area contributed by atoms with E-state index in [4.69, 9.17) is 15.2 Å². The Labute approximate surface area is 260 Å². The van der Waals surface area contributed by atoms with E-state index >= 15 is 0 Å². The molecule has 45 heavy (non-hydrogen) atoms. The monoisotopic (exact) mass is 622 g/mol. The van der Waals surface area contributed by atoms with Gasteiger partial charge in [0.25, 0.3) is 5.91 Å². The smallest absolute Gasteiger partial charge is 0.416 e. The van der Waals surface area contributed by atoms with Crippen LogP contribution >= 0.6 is 0 Å². The molecule has 0 aliphatic carbocycles. The van der Waals surface area contributed by atoms with Crippen molar-refractivity contribution in [3.63, 3.8) is 0 Å². The van der Waals surface area contributed by atoms with Crippen LogP contribution in [0.15, 0.2) is 72.8 Å². The maximum atomic E-state index is 13.1. The lowest BCUT2D eigenvalue weighted by Gasteiger charge is -2.37. The van der Waals surface area contributed by atoms with Crippen LogP contribution in [0.5, 0.6) is 5.75 Å². The fourth-order valence-electron chi connectivity index (χ4n) is 6.32. The van der Waals surface area contributed by atoms with E-state index in [0.29, 0.717) is 69.9 Å². The van der Waals surface area contributed by atoms with Gasteiger partial charge in [0.2, 0.25) is 0 Å². The van der Waals surface area contributed by atoms with E-state index in [1.54, 1.807) is 4.90 Å². The van der Waals surface area contributed by atoms with Crippen molar-refractivity contribution in [1.82, 2.24) is 14.7 Å². The summed E-state index contributed by atoms with van der Waals surface area (Å²) in [6, 6.07) is 20.0. The fraction of sp³-hybridized carbons (Fsp3) is 0.412. The zero-order valence-electron chi connectivity index (χ0n) is 25.0. The number of carbonyl (C=O) groups excluding carboxylic acids is 2. The van der Waals surface area contributed by atoms with Gasteiger partial charge in [-0.05, 0) is 59.7 Å². The van der Waals surface area contributed by atoms with Crippen LogP contribution in [-0.2, 0) is 24.0 Å². The van der Waals surface area contributed by atoms with Crippen LogP contribution in [0.25, 0.3) is 0 Å². The lowest BCUT2D eigenvalue weighted by molar-refractivity contribution is -0.137. The first-order valence-electron chi connectivity index (χ1n) is 15.3. The summed E-state index contributed by atoms with van der Waals surface area (Å²) in [5, 5.41) is 0. The predicted octanol–water partition coefficient (Wildman–Crippen LogP) is 5.96. The molecule has 0 atom stereocenters. The van der Waals surface area contributed by atoms with Crippen molar-refractivity contribution in [2.45, 2.75) is 56.7 Å². The lowest BCUT2D eigenvalue weighted by atomic mass is 9.91. The van der Waals surface area contributed by atoms with E-state index in [9.17, 15) is 22.8 Å². The molecule has 0 unspecified atom stereocenters. The summed E-state index contributed by atoms with van der Waals surface area (Å²) < 4.78 is 50.5. The third kappa shape index (κ3) is 7.36. The quantitative estimate of drug-likeness (QED) is 0.328. The van der Waals surface area contributed by atoms with Gasteiger partial charge in [-0.2, -0.15) is 13.2 Å². The van der Waals surface area contributed by atoms with Crippen molar-refractivity contribution in [3.8, 4) is 5.75 Å². The maximum absolute atomic E-state index is 13.1. The molecule has 8 nitrogen and oxygen atoms in total. The Balaban J connectivity index is 0.959. The molecule has 3 fully saturated rings. The molecule has 2 N–H and O–H groups in total. The van der Waals surface area contributed by atoms with Crippen LogP contribution in [0.1, 0.15) is 52.7 Å². The number of anilines is 1. The third-order valence-corrected chi connectivity index (χ3v) is 8.98. The van der Waals surface area contributed by atoms with Gasteiger partial charge in [0.05, 0.1) is 12.1 Å². The second-order valence-electron chi connectivity index (χ2n) is 12.3. The number of alkyl halides is 3. The number of halogens is 3. The van der Waals surface area contributed by atoms with Gasteiger partial charge in [-0.3, -0.25) is 14.6 Å². The fourth-order valence-corrected chi connectivity index (χ4v) is 6.32. The Hall–Kier alpha value is -4.25. The average Bonchev–Trinajstić information content (AvgIpc) is 3.33. The highest BCUT2D eigenvalue weighted by Gasteiger charge is 2.46. The van der Waals surface area contributed by atoms with Crippen molar-refractivity contribution in [2.24, 2.45) is 0 Å². The molecule has 238 valence electrons. The summed E-state index contributed by atoms with van der Waals surface area (Å²) in [6.45, 7) is 4.01. The third-order valence-electron chi connectivity index (χ3n) is 8.98. The molecule has 3 aliphatic heterocycles. The molecule has 0 radical (unpaired) electrons. The Morgan fingerprint density at radius 3 is 2.09 bits per heavy atom. The molecule has 0 aromatic heterocycles. The van der Waals surface area contributed by atoms with Gasteiger partial charge in [0.1, 0.15) is 17.5 Å². The number of carbonyl (C=O) groups is 2. The van der Waals surface area contributed by atoms with E-state index in [2.05, 4.69) is 4.90 Å². The average molecular weight is 623 g/mol. The molecule has 3 aliphatic rings. The summed E-state index contributed by atoms with van der Waals surface area (Å²) >= 11 is 0.